The van der Waals surface area contributed by atoms with Gasteiger partial charge in [-0.25, -0.2) is 44.7 Å². The average Bonchev–Trinajstić information content (AvgIpc) is 1.05. The van der Waals surface area contributed by atoms with E-state index >= 15 is 8.78 Å². The van der Waals surface area contributed by atoms with Crippen LogP contribution in [0.3, 0.4) is 0 Å². The van der Waals surface area contributed by atoms with Crippen LogP contribution < -0.4 is 19.3 Å². The van der Waals surface area contributed by atoms with Crippen molar-refractivity contribution < 1.29 is 65.1 Å². The molecule has 4 unspecified atom stereocenters. The van der Waals surface area contributed by atoms with E-state index in [0.29, 0.717) is 57.5 Å². The number of nitrogens with zero attached hydrogens (tertiary/aromatic N) is 14. The van der Waals surface area contributed by atoms with Gasteiger partial charge in [0.05, 0.1) is 38.5 Å². The smallest absolute Gasteiger partial charge is 0.410 e. The molecule has 0 saturated carbocycles. The number of aliphatic carboxylic acids is 1. The first-order valence-corrected chi connectivity index (χ1v) is 35.7. The van der Waals surface area contributed by atoms with Crippen molar-refractivity contribution >= 4 is 96.2 Å². The van der Waals surface area contributed by atoms with Crippen LogP contribution in [0.15, 0.2) is 97.9 Å². The van der Waals surface area contributed by atoms with Crippen molar-refractivity contribution in [2.75, 3.05) is 95.1 Å². The Morgan fingerprint density at radius 2 is 1.08 bits per heavy atom. The van der Waals surface area contributed by atoms with Crippen LogP contribution in [0.25, 0.3) is 75.6 Å². The number of pyridine rings is 2. The molecule has 0 aliphatic carbocycles. The molecule has 6 fully saturated rings. The second kappa shape index (κ2) is 31.4. The lowest BCUT2D eigenvalue weighted by Gasteiger charge is -2.40. The predicted octanol–water partition coefficient (Wildman–Crippen LogP) is 14.0. The van der Waals surface area contributed by atoms with Gasteiger partial charge in [-0.3, -0.25) is 29.5 Å². The largest absolute Gasteiger partial charge is 0.476 e. The van der Waals surface area contributed by atoms with Crippen LogP contribution in [0, 0.1) is 36.4 Å². The van der Waals surface area contributed by atoms with Crippen molar-refractivity contribution in [3.8, 4) is 34.5 Å². The Labute approximate surface area is 617 Å². The third-order valence-corrected chi connectivity index (χ3v) is 21.6. The molecule has 0 radical (unpaired) electrons. The molecule has 4 aromatic heterocycles. The van der Waals surface area contributed by atoms with Gasteiger partial charge >= 0.3 is 24.1 Å². The number of amides is 2. The molecule has 106 heavy (non-hydrogen) atoms. The summed E-state index contributed by atoms with van der Waals surface area (Å²) in [6, 6.07) is 15.3. The summed E-state index contributed by atoms with van der Waals surface area (Å²) < 4.78 is 106. The third-order valence-electron chi connectivity index (χ3n) is 20.9. The second-order valence-electron chi connectivity index (χ2n) is 28.3. The van der Waals surface area contributed by atoms with Crippen molar-refractivity contribution in [3.63, 3.8) is 0 Å². The van der Waals surface area contributed by atoms with E-state index in [2.05, 4.69) is 59.5 Å². The Morgan fingerprint density at radius 3 is 1.52 bits per heavy atom. The van der Waals surface area contributed by atoms with Gasteiger partial charge < -0.3 is 48.8 Å². The van der Waals surface area contributed by atoms with E-state index < -0.39 is 70.6 Å². The average molecular weight is 1500 g/mol. The molecule has 0 spiro atoms. The van der Waals surface area contributed by atoms with Gasteiger partial charge in [0.1, 0.15) is 76.6 Å². The number of fused-ring (bicyclic) bond motifs is 6. The maximum atomic E-state index is 16.9. The maximum Gasteiger partial charge on any atom is 0.410 e. The summed E-state index contributed by atoms with van der Waals surface area (Å²) in [4.78, 5) is 81.2. The predicted molar refractivity (Wildman–Crippen MR) is 390 cm³/mol. The molecule has 2 amide bonds. The molecule has 6 aliphatic heterocycles. The van der Waals surface area contributed by atoms with Crippen molar-refractivity contribution in [2.24, 2.45) is 0 Å². The van der Waals surface area contributed by atoms with E-state index in [1.54, 1.807) is 79.1 Å². The van der Waals surface area contributed by atoms with E-state index in [-0.39, 0.29) is 137 Å². The molecular formula is C76H78Cl2F6N14O8. The van der Waals surface area contributed by atoms with E-state index in [4.69, 9.17) is 65.6 Å². The summed E-state index contributed by atoms with van der Waals surface area (Å²) in [6.07, 6.45) is 11.2. The normalized spacial score (nSPS) is 21.6. The van der Waals surface area contributed by atoms with Gasteiger partial charge in [-0.05, 0) is 115 Å². The second-order valence-corrected chi connectivity index (χ2v) is 29.1. The number of halogens is 8. The fourth-order valence-electron chi connectivity index (χ4n) is 15.9. The number of aliphatic hydroxyl groups is 1. The molecule has 6 aliphatic rings. The van der Waals surface area contributed by atoms with Crippen LogP contribution in [0.5, 0.6) is 12.0 Å². The Kier molecular flexibility index (Phi) is 22.5. The highest BCUT2D eigenvalue weighted by Gasteiger charge is 2.51. The molecule has 30 heteroatoms. The van der Waals surface area contributed by atoms with Crippen LogP contribution >= 0.6 is 23.2 Å². The number of piperazine rings is 2. The molecule has 4 aromatic carbocycles. The van der Waals surface area contributed by atoms with E-state index in [1.807, 2.05) is 4.90 Å². The monoisotopic (exact) mass is 1500 g/mol. The molecule has 14 rings (SSSR count). The number of hydrogen-bond donors (Lipinski definition) is 2. The number of carbonyl (C=O) groups excluding carboxylic acids is 2. The van der Waals surface area contributed by atoms with Crippen LogP contribution in [0.2, 0.25) is 10.0 Å². The van der Waals surface area contributed by atoms with Crippen LogP contribution in [0.4, 0.5) is 42.8 Å². The zero-order chi connectivity index (χ0) is 75.7. The first kappa shape index (κ1) is 76.0. The number of aromatic nitrogens is 6. The van der Waals surface area contributed by atoms with Gasteiger partial charge in [-0.2, -0.15) is 24.3 Å². The molecule has 0 bridgehead atoms. The van der Waals surface area contributed by atoms with Gasteiger partial charge in [0.2, 0.25) is 18.9 Å². The highest BCUT2D eigenvalue weighted by molar-refractivity contribution is 6.37. The Balaban J connectivity index is 0.000000185. The highest BCUT2D eigenvalue weighted by atomic mass is 35.5. The summed E-state index contributed by atoms with van der Waals surface area (Å²) >= 11 is 12.8. The van der Waals surface area contributed by atoms with Crippen LogP contribution in [0.1, 0.15) is 85.5 Å². The first-order valence-electron chi connectivity index (χ1n) is 35.0. The fraction of sp³-hybridized carbons (Fsp3) is 0.434. The van der Waals surface area contributed by atoms with Crippen LogP contribution in [-0.4, -0.2) is 204 Å². The number of anilines is 2. The summed E-state index contributed by atoms with van der Waals surface area (Å²) in [7, 11) is 0. The summed E-state index contributed by atoms with van der Waals surface area (Å²) in [5.41, 5.74) is -0.723. The number of carboxylic acids is 1. The maximum absolute atomic E-state index is 16.9. The fourth-order valence-corrected chi connectivity index (χ4v) is 16.4. The Bertz CT molecular complexity index is 4860. The number of hydrogen-bond acceptors (Lipinski definition) is 17. The lowest BCUT2D eigenvalue weighted by molar-refractivity contribution is -0.134. The summed E-state index contributed by atoms with van der Waals surface area (Å²) in [5, 5.41) is 19.7. The lowest BCUT2D eigenvalue weighted by Crippen LogP contribution is -2.57. The number of carboxylic acid groups (broad SMARTS) is 1. The number of rotatable bonds is 16. The van der Waals surface area contributed by atoms with Crippen molar-refractivity contribution in [3.05, 3.63) is 154 Å². The number of ether oxygens (including phenoxy) is 3. The van der Waals surface area contributed by atoms with Gasteiger partial charge in [-0.1, -0.05) is 91.8 Å². The zero-order valence-electron chi connectivity index (χ0n) is 58.8. The van der Waals surface area contributed by atoms with Crippen molar-refractivity contribution in [2.45, 2.75) is 126 Å². The summed E-state index contributed by atoms with van der Waals surface area (Å²) in [5.74, 6) is -7.02. The minimum Gasteiger partial charge on any atom is -0.476 e. The summed E-state index contributed by atoms with van der Waals surface area (Å²) in [6.45, 7) is 32.0. The highest BCUT2D eigenvalue weighted by Crippen LogP contribution is 2.47. The Morgan fingerprint density at radius 1 is 0.632 bits per heavy atom. The van der Waals surface area contributed by atoms with Gasteiger partial charge in [0.25, 0.3) is 5.91 Å². The standard InChI is InChI=1S/C38H42ClF2N7O3.C35H33ClF3N7O3.C3H3FO2/c1-6-24-13-15-38(14-8-16-48(24)38)22-50-35-44-33-27(20-43-32(31(33)41)26-10-7-9-23-11-12-28(40)30(39)29(23)26)34(45-35)46-17-18-47(25(21-46)19-42-5)36(49)51-37(2,3)4;1-20(37)33(48)45-14-13-44(17-23(45)15-40-2)32-25-16-41-30(24-6-3-5-21-7-8-26(38)28(36)27(21)24)29(39)31(25)42-34(43-32)49-19-35-10-4-12-46(35)22(18-47)9-11-35;1-2(4)3(5)6/h7,9-12,20,24-25H,6,8,13-19,21-22H2,1-4H3;3,5-8,16,22-23,47H,1,4,9-15,17-19H2;1H2,(H,5,6)/t24?,25-,38?;22?,23-,35?;/m00./s1. The molecule has 2 N–H and O–H groups in total. The number of benzene rings is 4. The van der Waals surface area contributed by atoms with E-state index in [0.717, 1.165) is 70.9 Å². The SMILES string of the molecule is C=C(F)C(=O)O.[C-]#[N+]C[C@H]1CN(c2nc(OCC34CCCN3C(CC)CC4)nc3c(F)c(-c4cccc5ccc(F)c(Cl)c45)ncc23)CCN1C(=O)OC(C)(C)C.[C-]#[N+]C[C@H]1CN(c2nc(OCC34CCCN3C(CO)CC4)nc3c(F)c(-c4cccc5ccc(F)c(Cl)c45)ncc23)CCN1C(=O)C(=C)F. The molecule has 10 heterocycles. The molecule has 8 aromatic rings. The lowest BCUT2D eigenvalue weighted by atomic mass is 9.95. The van der Waals surface area contributed by atoms with E-state index in [1.165, 1.54) is 29.4 Å². The molecule has 6 saturated heterocycles. The Hall–Kier alpha value is -9.71. The molecule has 6 atom stereocenters. The zero-order valence-corrected chi connectivity index (χ0v) is 60.3. The minimum absolute atomic E-state index is 0.000496. The molecular weight excluding hydrogens is 1420 g/mol. The number of aliphatic hydroxyl groups excluding tert-OH is 1. The third kappa shape index (κ3) is 15.1. The van der Waals surface area contributed by atoms with Gasteiger partial charge in [-0.15, -0.1) is 0 Å². The number of carbonyl (C=O) groups is 3. The van der Waals surface area contributed by atoms with Crippen molar-refractivity contribution in [1.82, 2.24) is 49.5 Å². The molecule has 22 nitrogen and oxygen atoms in total. The van der Waals surface area contributed by atoms with E-state index in [9.17, 15) is 37.1 Å². The first-order chi connectivity index (χ1) is 50.7. The van der Waals surface area contributed by atoms with Crippen molar-refractivity contribution in [1.29, 1.82) is 0 Å². The van der Waals surface area contributed by atoms with Crippen LogP contribution in [-0.2, 0) is 14.3 Å². The topological polar surface area (TPSA) is 225 Å². The molecule has 556 valence electrons. The quantitative estimate of drug-likeness (QED) is 0.0521. The minimum atomic E-state index is -1.60. The van der Waals surface area contributed by atoms with Gasteiger partial charge in [0.15, 0.2) is 17.5 Å². The van der Waals surface area contributed by atoms with Gasteiger partial charge in [0, 0.05) is 85.6 Å².